The number of nitrogens with two attached hydrogens (primary N) is 1. The smallest absolute Gasteiger partial charge is 0.338 e. The molecule has 1 aromatic heterocycles. The van der Waals surface area contributed by atoms with Crippen LogP contribution in [-0.2, 0) is 9.53 Å². The molecule has 0 radical (unpaired) electrons. The first-order valence-electron chi connectivity index (χ1n) is 10.8. The number of nitriles is 1. The molecule has 9 heteroatoms. The van der Waals surface area contributed by atoms with E-state index in [4.69, 9.17) is 19.9 Å². The maximum Gasteiger partial charge on any atom is 0.338 e. The molecule has 1 unspecified atom stereocenters. The number of para-hydroxylation sites is 2. The van der Waals surface area contributed by atoms with Crippen molar-refractivity contribution < 1.29 is 19.0 Å². The fourth-order valence-electron chi connectivity index (χ4n) is 4.10. The number of fused-ring (bicyclic) bond motifs is 1. The zero-order valence-electron chi connectivity index (χ0n) is 19.4. The summed E-state index contributed by atoms with van der Waals surface area (Å²) in [4.78, 5) is 26.7. The summed E-state index contributed by atoms with van der Waals surface area (Å²) in [6.07, 6.45) is 1.68. The highest BCUT2D eigenvalue weighted by atomic mass is 32.1. The third kappa shape index (κ3) is 4.09. The molecule has 0 saturated heterocycles. The molecule has 8 nitrogen and oxygen atoms in total. The summed E-state index contributed by atoms with van der Waals surface area (Å²) in [5.74, 6) is -0.471. The summed E-state index contributed by atoms with van der Waals surface area (Å²) in [5.41, 5.74) is 7.44. The lowest BCUT2D eigenvalue weighted by Gasteiger charge is -2.25. The van der Waals surface area contributed by atoms with Crippen LogP contribution in [0.15, 0.2) is 58.9 Å². The van der Waals surface area contributed by atoms with E-state index in [2.05, 4.69) is 6.07 Å². The number of rotatable bonds is 6. The van der Waals surface area contributed by atoms with Gasteiger partial charge in [0.05, 0.1) is 48.5 Å². The zero-order chi connectivity index (χ0) is 25.1. The van der Waals surface area contributed by atoms with Crippen molar-refractivity contribution in [3.05, 3.63) is 84.8 Å². The third-order valence-corrected chi connectivity index (χ3v) is 6.75. The Balaban J connectivity index is 2.13. The zero-order valence-corrected chi connectivity index (χ0v) is 20.2. The average Bonchev–Trinajstić information content (AvgIpc) is 3.19. The van der Waals surface area contributed by atoms with Crippen LogP contribution in [-0.4, -0.2) is 31.4 Å². The fraction of sp³-hybridized carbons (Fsp3) is 0.192. The van der Waals surface area contributed by atoms with Gasteiger partial charge in [-0.1, -0.05) is 36.4 Å². The molecule has 0 bridgehead atoms. The topological polar surface area (TPSA) is 117 Å². The largest absolute Gasteiger partial charge is 0.496 e. The minimum atomic E-state index is -0.868. The normalized spacial score (nSPS) is 15.4. The quantitative estimate of drug-likeness (QED) is 0.526. The molecule has 0 aliphatic carbocycles. The van der Waals surface area contributed by atoms with Crippen LogP contribution in [0.5, 0.6) is 11.5 Å². The fourth-order valence-corrected chi connectivity index (χ4v) is 5.25. The molecule has 35 heavy (non-hydrogen) atoms. The predicted molar refractivity (Wildman–Crippen MR) is 133 cm³/mol. The average molecular weight is 490 g/mol. The van der Waals surface area contributed by atoms with Crippen molar-refractivity contribution in [3.63, 3.8) is 0 Å². The van der Waals surface area contributed by atoms with Gasteiger partial charge in [0.2, 0.25) is 0 Å². The number of thiazole rings is 1. The highest BCUT2D eigenvalue weighted by Crippen LogP contribution is 2.40. The van der Waals surface area contributed by atoms with Crippen LogP contribution < -0.4 is 30.0 Å². The van der Waals surface area contributed by atoms with Crippen LogP contribution in [0.1, 0.15) is 24.0 Å². The SMILES string of the molecule is CCOC(=O)C1=c2sc(=Cc3ccccc3OC)c(=O)n2C(N)=C(C#N)C1c1ccccc1OC. The Hall–Kier alpha value is -4.29. The monoisotopic (exact) mass is 489 g/mol. The van der Waals surface area contributed by atoms with Crippen molar-refractivity contribution >= 4 is 34.8 Å². The van der Waals surface area contributed by atoms with E-state index in [-0.39, 0.29) is 23.6 Å². The van der Waals surface area contributed by atoms with E-state index in [1.54, 1.807) is 50.4 Å². The van der Waals surface area contributed by atoms with Gasteiger partial charge in [0.15, 0.2) is 0 Å². The summed E-state index contributed by atoms with van der Waals surface area (Å²) in [6, 6.07) is 16.4. The Morgan fingerprint density at radius 2 is 1.80 bits per heavy atom. The number of nitrogens with zero attached hydrogens (tertiary/aromatic N) is 2. The maximum absolute atomic E-state index is 13.5. The Labute approximate surface area is 205 Å². The van der Waals surface area contributed by atoms with Gasteiger partial charge in [-0.05, 0) is 25.1 Å². The highest BCUT2D eigenvalue weighted by Gasteiger charge is 2.37. The van der Waals surface area contributed by atoms with Crippen molar-refractivity contribution in [2.24, 2.45) is 5.73 Å². The molecule has 2 N–H and O–H groups in total. The van der Waals surface area contributed by atoms with Crippen LogP contribution in [0.25, 0.3) is 17.5 Å². The van der Waals surface area contributed by atoms with E-state index in [1.807, 2.05) is 18.2 Å². The van der Waals surface area contributed by atoms with Crippen LogP contribution in [0.4, 0.5) is 0 Å². The van der Waals surface area contributed by atoms with E-state index in [1.165, 1.54) is 11.7 Å². The molecule has 0 spiro atoms. The highest BCUT2D eigenvalue weighted by molar-refractivity contribution is 7.07. The molecular weight excluding hydrogens is 466 g/mol. The van der Waals surface area contributed by atoms with Crippen LogP contribution in [0.3, 0.4) is 0 Å². The van der Waals surface area contributed by atoms with Gasteiger partial charge in [-0.25, -0.2) is 4.79 Å². The van der Waals surface area contributed by atoms with Gasteiger partial charge < -0.3 is 19.9 Å². The van der Waals surface area contributed by atoms with Crippen LogP contribution in [0.2, 0.25) is 0 Å². The Bertz CT molecular complexity index is 1560. The molecule has 3 aromatic rings. The van der Waals surface area contributed by atoms with E-state index in [9.17, 15) is 14.9 Å². The van der Waals surface area contributed by atoms with E-state index in [0.29, 0.717) is 31.8 Å². The molecule has 1 aliphatic heterocycles. The lowest BCUT2D eigenvalue weighted by molar-refractivity contribution is -0.136. The number of carbonyl (C=O) groups is 1. The number of aromatic nitrogens is 1. The molecule has 0 fully saturated rings. The molecule has 0 saturated carbocycles. The van der Waals surface area contributed by atoms with Gasteiger partial charge in [0.25, 0.3) is 5.56 Å². The summed E-state index contributed by atoms with van der Waals surface area (Å²) >= 11 is 1.10. The van der Waals surface area contributed by atoms with Crippen molar-refractivity contribution in [1.82, 2.24) is 4.57 Å². The molecule has 2 heterocycles. The summed E-state index contributed by atoms with van der Waals surface area (Å²) in [5, 5.41) is 10.1. The number of hydrogen-bond donors (Lipinski definition) is 1. The van der Waals surface area contributed by atoms with Crippen LogP contribution in [0, 0.1) is 11.3 Å². The van der Waals surface area contributed by atoms with E-state index < -0.39 is 17.4 Å². The molecule has 0 amide bonds. The standard InChI is InChI=1S/C26H23N3O5S/c1-4-34-26(31)22-21(16-10-6-8-12-19(16)33-3)17(14-27)23(28)29-24(30)20(35-25(22)29)13-15-9-5-7-11-18(15)32-2/h5-13,21H,4,28H2,1-3H3. The van der Waals surface area contributed by atoms with Crippen molar-refractivity contribution in [2.75, 3.05) is 20.8 Å². The summed E-state index contributed by atoms with van der Waals surface area (Å²) < 4.78 is 18.1. The molecule has 178 valence electrons. The van der Waals surface area contributed by atoms with Gasteiger partial charge >= 0.3 is 5.97 Å². The first-order valence-corrected chi connectivity index (χ1v) is 11.6. The van der Waals surface area contributed by atoms with E-state index in [0.717, 1.165) is 11.3 Å². The molecule has 2 aromatic carbocycles. The van der Waals surface area contributed by atoms with Gasteiger partial charge in [-0.15, -0.1) is 11.3 Å². The molecule has 4 rings (SSSR count). The number of esters is 1. The lowest BCUT2D eigenvalue weighted by atomic mass is 9.83. The van der Waals surface area contributed by atoms with Crippen molar-refractivity contribution in [1.29, 1.82) is 5.26 Å². The second-order valence-electron chi connectivity index (χ2n) is 7.52. The Morgan fingerprint density at radius 3 is 2.46 bits per heavy atom. The Kier molecular flexibility index (Phi) is 6.75. The number of benzene rings is 2. The second-order valence-corrected chi connectivity index (χ2v) is 8.55. The number of allylic oxidation sites excluding steroid dienone is 1. The predicted octanol–water partition coefficient (Wildman–Crippen LogP) is 1.92. The van der Waals surface area contributed by atoms with Crippen molar-refractivity contribution in [3.8, 4) is 17.6 Å². The maximum atomic E-state index is 13.5. The Morgan fingerprint density at radius 1 is 1.14 bits per heavy atom. The number of carbonyl (C=O) groups excluding carboxylic acids is 1. The second kappa shape index (κ2) is 9.91. The first kappa shape index (κ1) is 23.9. The lowest BCUT2D eigenvalue weighted by Crippen LogP contribution is -2.40. The first-order chi connectivity index (χ1) is 17.0. The molecule has 1 aliphatic rings. The minimum Gasteiger partial charge on any atom is -0.496 e. The van der Waals surface area contributed by atoms with Crippen LogP contribution >= 0.6 is 11.3 Å². The van der Waals surface area contributed by atoms with Gasteiger partial charge in [0, 0.05) is 11.1 Å². The van der Waals surface area contributed by atoms with Gasteiger partial charge in [-0.2, -0.15) is 5.26 Å². The summed E-state index contributed by atoms with van der Waals surface area (Å²) in [7, 11) is 3.05. The minimum absolute atomic E-state index is 0.0348. The molecule has 1 atom stereocenters. The van der Waals surface area contributed by atoms with E-state index >= 15 is 0 Å². The number of hydrogen-bond acceptors (Lipinski definition) is 8. The number of methoxy groups -OCH3 is 2. The summed E-state index contributed by atoms with van der Waals surface area (Å²) in [6.45, 7) is 1.81. The van der Waals surface area contributed by atoms with Gasteiger partial charge in [-0.3, -0.25) is 9.36 Å². The molecular formula is C26H23N3O5S. The van der Waals surface area contributed by atoms with Gasteiger partial charge in [0.1, 0.15) is 22.0 Å². The number of ether oxygens (including phenoxy) is 3. The third-order valence-electron chi connectivity index (χ3n) is 5.64. The van der Waals surface area contributed by atoms with Crippen molar-refractivity contribution in [2.45, 2.75) is 12.8 Å².